The number of carbonyl (C=O) groups excluding carboxylic acids is 1. The SMILES string of the molecule is CC(NC(=O)CN1CCNCC1C)c1cccs1. The molecule has 1 aliphatic rings. The summed E-state index contributed by atoms with van der Waals surface area (Å²) in [4.78, 5) is 15.4. The average Bonchev–Trinajstić information content (AvgIpc) is 2.85. The van der Waals surface area contributed by atoms with Crippen LogP contribution < -0.4 is 10.6 Å². The van der Waals surface area contributed by atoms with Gasteiger partial charge in [0.05, 0.1) is 12.6 Å². The van der Waals surface area contributed by atoms with Crippen LogP contribution in [-0.2, 0) is 4.79 Å². The molecule has 0 spiro atoms. The molecular formula is C13H21N3OS. The number of piperazine rings is 1. The number of nitrogens with zero attached hydrogens (tertiary/aromatic N) is 1. The second-order valence-corrected chi connectivity index (χ2v) is 5.81. The van der Waals surface area contributed by atoms with Crippen LogP contribution in [0.3, 0.4) is 0 Å². The van der Waals surface area contributed by atoms with Gasteiger partial charge in [-0.25, -0.2) is 0 Å². The molecular weight excluding hydrogens is 246 g/mol. The molecule has 5 heteroatoms. The standard InChI is InChI=1S/C13H21N3OS/c1-10-8-14-5-6-16(10)9-13(17)15-11(2)12-4-3-7-18-12/h3-4,7,10-11,14H,5-6,8-9H2,1-2H3,(H,15,17). The van der Waals surface area contributed by atoms with E-state index in [2.05, 4.69) is 28.5 Å². The molecule has 2 heterocycles. The maximum absolute atomic E-state index is 12.0. The van der Waals surface area contributed by atoms with Gasteiger partial charge in [0.15, 0.2) is 0 Å². The Labute approximate surface area is 112 Å². The summed E-state index contributed by atoms with van der Waals surface area (Å²) in [6.07, 6.45) is 0. The van der Waals surface area contributed by atoms with Crippen molar-refractivity contribution in [2.45, 2.75) is 25.9 Å². The molecule has 2 rings (SSSR count). The fourth-order valence-corrected chi connectivity index (χ4v) is 2.93. The molecule has 1 aromatic heterocycles. The van der Waals surface area contributed by atoms with E-state index in [0.29, 0.717) is 12.6 Å². The van der Waals surface area contributed by atoms with Crippen LogP contribution >= 0.6 is 11.3 Å². The first-order valence-electron chi connectivity index (χ1n) is 6.44. The van der Waals surface area contributed by atoms with Gasteiger partial charge in [-0.15, -0.1) is 11.3 Å². The molecule has 2 unspecified atom stereocenters. The van der Waals surface area contributed by atoms with Crippen molar-refractivity contribution in [1.29, 1.82) is 0 Å². The molecule has 1 fully saturated rings. The highest BCUT2D eigenvalue weighted by Gasteiger charge is 2.21. The van der Waals surface area contributed by atoms with Crippen molar-refractivity contribution >= 4 is 17.2 Å². The Balaban J connectivity index is 1.81. The van der Waals surface area contributed by atoms with E-state index < -0.39 is 0 Å². The Morgan fingerprint density at radius 1 is 1.72 bits per heavy atom. The number of rotatable bonds is 4. The van der Waals surface area contributed by atoms with Crippen LogP contribution in [0.25, 0.3) is 0 Å². The van der Waals surface area contributed by atoms with Crippen LogP contribution in [0, 0.1) is 0 Å². The zero-order valence-electron chi connectivity index (χ0n) is 11.0. The molecule has 2 atom stereocenters. The minimum atomic E-state index is 0.107. The minimum Gasteiger partial charge on any atom is -0.348 e. The summed E-state index contributed by atoms with van der Waals surface area (Å²) in [6, 6.07) is 4.61. The number of thiophene rings is 1. The maximum Gasteiger partial charge on any atom is 0.234 e. The van der Waals surface area contributed by atoms with Crippen molar-refractivity contribution in [2.24, 2.45) is 0 Å². The Morgan fingerprint density at radius 2 is 2.56 bits per heavy atom. The first kappa shape index (κ1) is 13.5. The number of nitrogens with one attached hydrogen (secondary N) is 2. The van der Waals surface area contributed by atoms with Gasteiger partial charge in [-0.05, 0) is 25.3 Å². The van der Waals surface area contributed by atoms with Crippen LogP contribution in [0.4, 0.5) is 0 Å². The molecule has 18 heavy (non-hydrogen) atoms. The molecule has 2 N–H and O–H groups in total. The second kappa shape index (κ2) is 6.31. The lowest BCUT2D eigenvalue weighted by molar-refractivity contribution is -0.123. The van der Waals surface area contributed by atoms with E-state index in [4.69, 9.17) is 0 Å². The van der Waals surface area contributed by atoms with Gasteiger partial charge in [0, 0.05) is 30.6 Å². The topological polar surface area (TPSA) is 44.4 Å². The predicted molar refractivity (Wildman–Crippen MR) is 74.8 cm³/mol. The molecule has 100 valence electrons. The third-order valence-electron chi connectivity index (χ3n) is 3.33. The van der Waals surface area contributed by atoms with E-state index >= 15 is 0 Å². The van der Waals surface area contributed by atoms with Gasteiger partial charge in [0.25, 0.3) is 0 Å². The number of hydrogen-bond donors (Lipinski definition) is 2. The van der Waals surface area contributed by atoms with Crippen LogP contribution in [-0.4, -0.2) is 43.0 Å². The van der Waals surface area contributed by atoms with Crippen LogP contribution in [0.1, 0.15) is 24.8 Å². The van der Waals surface area contributed by atoms with Crippen molar-refractivity contribution in [1.82, 2.24) is 15.5 Å². The summed E-state index contributed by atoms with van der Waals surface area (Å²) in [5.41, 5.74) is 0. The molecule has 0 bridgehead atoms. The van der Waals surface area contributed by atoms with Gasteiger partial charge in [-0.3, -0.25) is 9.69 Å². The third-order valence-corrected chi connectivity index (χ3v) is 4.39. The monoisotopic (exact) mass is 267 g/mol. The number of amides is 1. The van der Waals surface area contributed by atoms with Gasteiger partial charge in [0.1, 0.15) is 0 Å². The molecule has 4 nitrogen and oxygen atoms in total. The average molecular weight is 267 g/mol. The summed E-state index contributed by atoms with van der Waals surface area (Å²) in [6.45, 7) is 7.57. The normalized spacial score (nSPS) is 22.7. The second-order valence-electron chi connectivity index (χ2n) is 4.83. The molecule has 1 saturated heterocycles. The van der Waals surface area contributed by atoms with E-state index in [9.17, 15) is 4.79 Å². The van der Waals surface area contributed by atoms with Crippen molar-refractivity contribution in [3.05, 3.63) is 22.4 Å². The Hall–Kier alpha value is -0.910. The number of hydrogen-bond acceptors (Lipinski definition) is 4. The van der Waals surface area contributed by atoms with Crippen LogP contribution in [0.5, 0.6) is 0 Å². The van der Waals surface area contributed by atoms with Crippen LogP contribution in [0.2, 0.25) is 0 Å². The van der Waals surface area contributed by atoms with Crippen molar-refractivity contribution in [3.63, 3.8) is 0 Å². The molecule has 0 aliphatic carbocycles. The summed E-state index contributed by atoms with van der Waals surface area (Å²) in [5, 5.41) is 8.43. The molecule has 0 radical (unpaired) electrons. The van der Waals surface area contributed by atoms with Gasteiger partial charge < -0.3 is 10.6 Å². The summed E-state index contributed by atoms with van der Waals surface area (Å²) in [5.74, 6) is 0.115. The van der Waals surface area contributed by atoms with E-state index in [1.807, 2.05) is 18.4 Å². The molecule has 1 aromatic rings. The Kier molecular flexibility index (Phi) is 4.74. The Morgan fingerprint density at radius 3 is 3.22 bits per heavy atom. The first-order valence-corrected chi connectivity index (χ1v) is 7.32. The highest BCUT2D eigenvalue weighted by atomic mass is 32.1. The summed E-state index contributed by atoms with van der Waals surface area (Å²) >= 11 is 1.68. The maximum atomic E-state index is 12.0. The van der Waals surface area contributed by atoms with E-state index in [0.717, 1.165) is 19.6 Å². The molecule has 0 aromatic carbocycles. The van der Waals surface area contributed by atoms with Gasteiger partial charge in [-0.1, -0.05) is 6.07 Å². The van der Waals surface area contributed by atoms with Gasteiger partial charge in [0.2, 0.25) is 5.91 Å². The van der Waals surface area contributed by atoms with Crippen LogP contribution in [0.15, 0.2) is 17.5 Å². The lowest BCUT2D eigenvalue weighted by Gasteiger charge is -2.33. The van der Waals surface area contributed by atoms with E-state index in [-0.39, 0.29) is 11.9 Å². The Bertz CT molecular complexity index is 380. The fourth-order valence-electron chi connectivity index (χ4n) is 2.20. The van der Waals surface area contributed by atoms with Crippen molar-refractivity contribution in [2.75, 3.05) is 26.2 Å². The summed E-state index contributed by atoms with van der Waals surface area (Å²) in [7, 11) is 0. The zero-order valence-corrected chi connectivity index (χ0v) is 11.8. The smallest absolute Gasteiger partial charge is 0.234 e. The van der Waals surface area contributed by atoms with Crippen molar-refractivity contribution in [3.8, 4) is 0 Å². The van der Waals surface area contributed by atoms with E-state index in [1.54, 1.807) is 11.3 Å². The first-order chi connectivity index (χ1) is 8.66. The minimum absolute atomic E-state index is 0.107. The fraction of sp³-hybridized carbons (Fsp3) is 0.615. The van der Waals surface area contributed by atoms with E-state index in [1.165, 1.54) is 4.88 Å². The van der Waals surface area contributed by atoms with Gasteiger partial charge in [-0.2, -0.15) is 0 Å². The highest BCUT2D eigenvalue weighted by molar-refractivity contribution is 7.10. The number of carbonyl (C=O) groups is 1. The highest BCUT2D eigenvalue weighted by Crippen LogP contribution is 2.17. The quantitative estimate of drug-likeness (QED) is 0.862. The lowest BCUT2D eigenvalue weighted by Crippen LogP contribution is -2.52. The van der Waals surface area contributed by atoms with Gasteiger partial charge >= 0.3 is 0 Å². The molecule has 1 amide bonds. The largest absolute Gasteiger partial charge is 0.348 e. The van der Waals surface area contributed by atoms with Crippen molar-refractivity contribution < 1.29 is 4.79 Å². The zero-order chi connectivity index (χ0) is 13.0. The molecule has 0 saturated carbocycles. The third kappa shape index (κ3) is 3.54. The summed E-state index contributed by atoms with van der Waals surface area (Å²) < 4.78 is 0. The molecule has 1 aliphatic heterocycles. The predicted octanol–water partition coefficient (Wildman–Crippen LogP) is 1.22. The lowest BCUT2D eigenvalue weighted by atomic mass is 10.2.